The van der Waals surface area contributed by atoms with Crippen molar-refractivity contribution in [3.63, 3.8) is 0 Å². The van der Waals surface area contributed by atoms with E-state index in [2.05, 4.69) is 51.5 Å². The van der Waals surface area contributed by atoms with E-state index in [1.54, 1.807) is 0 Å². The summed E-state index contributed by atoms with van der Waals surface area (Å²) >= 11 is 0. The molecular weight excluding hydrogens is 300 g/mol. The molecular formula is C18H26N6. The van der Waals surface area contributed by atoms with Gasteiger partial charge in [0.25, 0.3) is 0 Å². The Morgan fingerprint density at radius 1 is 1.12 bits per heavy atom. The maximum Gasteiger partial charge on any atom is 0.137 e. The monoisotopic (exact) mass is 326 g/mol. The fraction of sp³-hybridized carbons (Fsp3) is 0.667. The lowest BCUT2D eigenvalue weighted by Gasteiger charge is -2.33. The van der Waals surface area contributed by atoms with Crippen LogP contribution in [0.2, 0.25) is 0 Å². The third kappa shape index (κ3) is 2.78. The Bertz CT molecular complexity index is 735. The van der Waals surface area contributed by atoms with Gasteiger partial charge in [0.1, 0.15) is 23.3 Å². The molecule has 2 aliphatic heterocycles. The van der Waals surface area contributed by atoms with Gasteiger partial charge in [-0.2, -0.15) is 0 Å². The summed E-state index contributed by atoms with van der Waals surface area (Å²) < 4.78 is 2.35. The van der Waals surface area contributed by atoms with Crippen molar-refractivity contribution in [3.05, 3.63) is 29.2 Å². The number of aromatic nitrogens is 5. The molecule has 6 heteroatoms. The second-order valence-corrected chi connectivity index (χ2v) is 7.40. The molecule has 1 saturated heterocycles. The molecule has 6 nitrogen and oxygen atoms in total. The van der Waals surface area contributed by atoms with Crippen LogP contribution >= 0.6 is 0 Å². The number of nitrogens with zero attached hydrogens (tertiary/aromatic N) is 6. The van der Waals surface area contributed by atoms with Gasteiger partial charge < -0.3 is 9.47 Å². The number of hydrogen-bond donors (Lipinski definition) is 0. The second-order valence-electron chi connectivity index (χ2n) is 7.40. The zero-order chi connectivity index (χ0) is 16.7. The van der Waals surface area contributed by atoms with E-state index in [-0.39, 0.29) is 0 Å². The van der Waals surface area contributed by atoms with Crippen LogP contribution in [0.4, 0.5) is 5.82 Å². The number of hydrogen-bond acceptors (Lipinski definition) is 5. The molecule has 2 aromatic rings. The average molecular weight is 326 g/mol. The summed E-state index contributed by atoms with van der Waals surface area (Å²) in [6.07, 6.45) is 4.64. The minimum Gasteiger partial charge on any atom is -0.356 e. The first-order valence-corrected chi connectivity index (χ1v) is 9.14. The summed E-state index contributed by atoms with van der Waals surface area (Å²) in [7, 11) is 0. The SMILES string of the molecule is Cc1cc(N2CCCC(c3nnc4n3CCC4)C2)nc(C(C)C)n1. The van der Waals surface area contributed by atoms with Gasteiger partial charge in [0.2, 0.25) is 0 Å². The van der Waals surface area contributed by atoms with Gasteiger partial charge in [-0.1, -0.05) is 13.8 Å². The van der Waals surface area contributed by atoms with E-state index in [0.717, 1.165) is 43.4 Å². The lowest BCUT2D eigenvalue weighted by Crippen LogP contribution is -2.36. The van der Waals surface area contributed by atoms with Crippen LogP contribution in [0.25, 0.3) is 0 Å². The van der Waals surface area contributed by atoms with Gasteiger partial charge in [0, 0.05) is 49.7 Å². The summed E-state index contributed by atoms with van der Waals surface area (Å²) in [5.74, 6) is 5.16. The molecule has 24 heavy (non-hydrogen) atoms. The highest BCUT2D eigenvalue weighted by molar-refractivity contribution is 5.41. The Hall–Kier alpha value is -1.98. The molecule has 0 aromatic carbocycles. The number of rotatable bonds is 3. The molecule has 0 bridgehead atoms. The van der Waals surface area contributed by atoms with E-state index in [1.165, 1.54) is 30.9 Å². The first-order valence-electron chi connectivity index (χ1n) is 9.14. The van der Waals surface area contributed by atoms with Crippen molar-refractivity contribution in [2.24, 2.45) is 0 Å². The molecule has 4 rings (SSSR count). The minimum absolute atomic E-state index is 0.351. The van der Waals surface area contributed by atoms with Crippen molar-refractivity contribution in [2.45, 2.75) is 64.8 Å². The fourth-order valence-electron chi connectivity index (χ4n) is 3.87. The standard InChI is InChI=1S/C18H26N6/c1-12(2)17-19-13(3)10-16(20-17)23-8-4-6-14(11-23)18-22-21-15-7-5-9-24(15)18/h10,12,14H,4-9,11H2,1-3H3. The van der Waals surface area contributed by atoms with Crippen molar-refractivity contribution < 1.29 is 0 Å². The molecule has 0 N–H and O–H groups in total. The smallest absolute Gasteiger partial charge is 0.137 e. The van der Waals surface area contributed by atoms with Crippen LogP contribution in [-0.2, 0) is 13.0 Å². The van der Waals surface area contributed by atoms with Crippen LogP contribution in [0.1, 0.15) is 68.1 Å². The van der Waals surface area contributed by atoms with Gasteiger partial charge in [-0.25, -0.2) is 9.97 Å². The fourth-order valence-corrected chi connectivity index (χ4v) is 3.87. The number of aryl methyl sites for hydroxylation is 2. The highest BCUT2D eigenvalue weighted by Gasteiger charge is 2.29. The summed E-state index contributed by atoms with van der Waals surface area (Å²) in [5.41, 5.74) is 1.05. The summed E-state index contributed by atoms with van der Waals surface area (Å²) in [6, 6.07) is 2.11. The van der Waals surface area contributed by atoms with Crippen LogP contribution in [0, 0.1) is 6.92 Å². The van der Waals surface area contributed by atoms with Crippen LogP contribution in [0.15, 0.2) is 6.07 Å². The van der Waals surface area contributed by atoms with Crippen LogP contribution in [0.3, 0.4) is 0 Å². The lowest BCUT2D eigenvalue weighted by molar-refractivity contribution is 0.470. The summed E-state index contributed by atoms with van der Waals surface area (Å²) in [6.45, 7) is 9.48. The molecule has 1 atom stereocenters. The highest BCUT2D eigenvalue weighted by atomic mass is 15.3. The lowest BCUT2D eigenvalue weighted by atomic mass is 9.97. The molecule has 128 valence electrons. The van der Waals surface area contributed by atoms with Crippen LogP contribution in [0.5, 0.6) is 0 Å². The van der Waals surface area contributed by atoms with Gasteiger partial charge in [0.05, 0.1) is 0 Å². The molecule has 2 aromatic heterocycles. The first-order chi connectivity index (χ1) is 11.6. The van der Waals surface area contributed by atoms with E-state index in [0.29, 0.717) is 11.8 Å². The van der Waals surface area contributed by atoms with Crippen molar-refractivity contribution in [1.29, 1.82) is 0 Å². The second kappa shape index (κ2) is 6.15. The van der Waals surface area contributed by atoms with E-state index < -0.39 is 0 Å². The van der Waals surface area contributed by atoms with Crippen LogP contribution in [-0.4, -0.2) is 37.8 Å². The van der Waals surface area contributed by atoms with Gasteiger partial charge in [-0.15, -0.1) is 10.2 Å². The average Bonchev–Trinajstić information content (AvgIpc) is 3.17. The van der Waals surface area contributed by atoms with Gasteiger partial charge in [-0.05, 0) is 26.2 Å². The predicted octanol–water partition coefficient (Wildman–Crippen LogP) is 2.83. The Labute approximate surface area is 143 Å². The first kappa shape index (κ1) is 15.5. The molecule has 4 heterocycles. The van der Waals surface area contributed by atoms with E-state index in [9.17, 15) is 0 Å². The summed E-state index contributed by atoms with van der Waals surface area (Å²) in [4.78, 5) is 11.8. The minimum atomic E-state index is 0.351. The molecule has 2 aliphatic rings. The molecule has 1 unspecified atom stereocenters. The quantitative estimate of drug-likeness (QED) is 0.868. The van der Waals surface area contributed by atoms with E-state index in [1.807, 2.05) is 0 Å². The third-order valence-corrected chi connectivity index (χ3v) is 5.12. The zero-order valence-corrected chi connectivity index (χ0v) is 14.9. The Balaban J connectivity index is 1.59. The number of piperidine rings is 1. The predicted molar refractivity (Wildman–Crippen MR) is 93.4 cm³/mol. The van der Waals surface area contributed by atoms with Crippen molar-refractivity contribution in [3.8, 4) is 0 Å². The molecule has 0 amide bonds. The Morgan fingerprint density at radius 3 is 2.83 bits per heavy atom. The molecule has 0 saturated carbocycles. The number of fused-ring (bicyclic) bond motifs is 1. The van der Waals surface area contributed by atoms with Gasteiger partial charge in [-0.3, -0.25) is 0 Å². The molecule has 0 spiro atoms. The number of anilines is 1. The van der Waals surface area contributed by atoms with E-state index >= 15 is 0 Å². The van der Waals surface area contributed by atoms with Crippen LogP contribution < -0.4 is 4.90 Å². The molecule has 0 aliphatic carbocycles. The Morgan fingerprint density at radius 2 is 2.00 bits per heavy atom. The summed E-state index contributed by atoms with van der Waals surface area (Å²) in [5, 5.41) is 8.90. The molecule has 0 radical (unpaired) electrons. The zero-order valence-electron chi connectivity index (χ0n) is 14.9. The highest BCUT2D eigenvalue weighted by Crippen LogP contribution is 2.30. The topological polar surface area (TPSA) is 59.7 Å². The maximum atomic E-state index is 4.82. The van der Waals surface area contributed by atoms with Gasteiger partial charge in [0.15, 0.2) is 0 Å². The Kier molecular flexibility index (Phi) is 3.98. The van der Waals surface area contributed by atoms with Crippen molar-refractivity contribution in [2.75, 3.05) is 18.0 Å². The molecule has 1 fully saturated rings. The van der Waals surface area contributed by atoms with Crippen molar-refractivity contribution in [1.82, 2.24) is 24.7 Å². The maximum absolute atomic E-state index is 4.82. The van der Waals surface area contributed by atoms with E-state index in [4.69, 9.17) is 4.98 Å². The third-order valence-electron chi connectivity index (χ3n) is 5.12. The van der Waals surface area contributed by atoms with Crippen molar-refractivity contribution >= 4 is 5.82 Å². The van der Waals surface area contributed by atoms with Gasteiger partial charge >= 0.3 is 0 Å². The normalized spacial score (nSPS) is 20.7. The largest absolute Gasteiger partial charge is 0.356 e.